The van der Waals surface area contributed by atoms with Crippen LogP contribution in [0.5, 0.6) is 0 Å². The molecule has 8 heteroatoms. The van der Waals surface area contributed by atoms with Gasteiger partial charge in [0, 0.05) is 25.7 Å². The molecular formula is C22H24N4O3S. The van der Waals surface area contributed by atoms with E-state index in [9.17, 15) is 9.59 Å². The van der Waals surface area contributed by atoms with Crippen LogP contribution in [-0.2, 0) is 11.3 Å². The van der Waals surface area contributed by atoms with Gasteiger partial charge in [-0.2, -0.15) is 0 Å². The Kier molecular flexibility index (Phi) is 6.89. The molecule has 3 aromatic rings. The second kappa shape index (κ2) is 9.58. The topological polar surface area (TPSA) is 88.3 Å². The number of hydrogen-bond donors (Lipinski definition) is 1. The number of furan rings is 1. The van der Waals surface area contributed by atoms with Crippen molar-refractivity contribution in [1.82, 2.24) is 14.9 Å². The van der Waals surface area contributed by atoms with E-state index in [0.29, 0.717) is 46.6 Å². The second-order valence-corrected chi connectivity index (χ2v) is 7.48. The lowest BCUT2D eigenvalue weighted by Crippen LogP contribution is -2.27. The highest BCUT2D eigenvalue weighted by atomic mass is 32.2. The third-order valence-electron chi connectivity index (χ3n) is 4.60. The first kappa shape index (κ1) is 21.6. The molecule has 0 aliphatic carbocycles. The van der Waals surface area contributed by atoms with Crippen molar-refractivity contribution in [2.75, 3.05) is 18.1 Å². The second-order valence-electron chi connectivity index (χ2n) is 6.68. The third-order valence-corrected chi connectivity index (χ3v) is 5.29. The van der Waals surface area contributed by atoms with Gasteiger partial charge in [-0.1, -0.05) is 12.1 Å². The quantitative estimate of drug-likeness (QED) is 0.447. The summed E-state index contributed by atoms with van der Waals surface area (Å²) < 4.78 is 5.38. The number of aryl methyl sites for hydroxylation is 1. The average Bonchev–Trinajstić information content (AvgIpc) is 3.26. The number of nitrogens with zero attached hydrogens (tertiary/aromatic N) is 3. The minimum atomic E-state index is -0.279. The summed E-state index contributed by atoms with van der Waals surface area (Å²) in [6.07, 6.45) is 3.43. The normalized spacial score (nSPS) is 10.7. The average molecular weight is 425 g/mol. The van der Waals surface area contributed by atoms with Crippen LogP contribution in [0.25, 0.3) is 11.6 Å². The summed E-state index contributed by atoms with van der Waals surface area (Å²) in [5.74, 6) is 0.739. The maximum Gasteiger partial charge on any atom is 0.260 e. The lowest BCUT2D eigenvalue weighted by molar-refractivity contribution is -0.129. The van der Waals surface area contributed by atoms with Crippen LogP contribution >= 0.6 is 11.8 Å². The standard InChI is InChI=1S/C22H24N4O3S/c1-5-26(15(3)27)13-16-8-6-9-17(12-16)24-21(28)19-14(2)23-20(25-22(19)30-4)18-10-7-11-29-18/h6-12H,5,13H2,1-4H3,(H,24,28). The van der Waals surface area contributed by atoms with Crippen molar-refractivity contribution in [2.24, 2.45) is 0 Å². The molecule has 0 aliphatic heterocycles. The first-order valence-electron chi connectivity index (χ1n) is 9.55. The number of aromatic nitrogens is 2. The third kappa shape index (κ3) is 4.88. The molecule has 0 saturated carbocycles. The molecule has 1 aromatic carbocycles. The molecule has 0 fully saturated rings. The van der Waals surface area contributed by atoms with E-state index in [1.165, 1.54) is 11.8 Å². The van der Waals surface area contributed by atoms with Crippen LogP contribution < -0.4 is 5.32 Å². The zero-order chi connectivity index (χ0) is 21.7. The number of thioether (sulfide) groups is 1. The van der Waals surface area contributed by atoms with Gasteiger partial charge in [0.05, 0.1) is 17.5 Å². The van der Waals surface area contributed by atoms with E-state index in [1.54, 1.807) is 37.1 Å². The highest BCUT2D eigenvalue weighted by molar-refractivity contribution is 7.98. The highest BCUT2D eigenvalue weighted by Crippen LogP contribution is 2.26. The molecule has 3 rings (SSSR count). The number of carbonyl (C=O) groups is 2. The zero-order valence-electron chi connectivity index (χ0n) is 17.4. The van der Waals surface area contributed by atoms with Crippen molar-refractivity contribution in [3.05, 3.63) is 59.5 Å². The van der Waals surface area contributed by atoms with Crippen LogP contribution in [0.4, 0.5) is 5.69 Å². The highest BCUT2D eigenvalue weighted by Gasteiger charge is 2.20. The van der Waals surface area contributed by atoms with Gasteiger partial charge < -0.3 is 14.6 Å². The first-order chi connectivity index (χ1) is 14.4. The zero-order valence-corrected chi connectivity index (χ0v) is 18.2. The Hall–Kier alpha value is -3.13. The lowest BCUT2D eigenvalue weighted by atomic mass is 10.1. The summed E-state index contributed by atoms with van der Waals surface area (Å²) in [6, 6.07) is 11.0. The summed E-state index contributed by atoms with van der Waals surface area (Å²) in [4.78, 5) is 35.4. The van der Waals surface area contributed by atoms with Crippen molar-refractivity contribution in [3.8, 4) is 11.6 Å². The maximum absolute atomic E-state index is 13.0. The maximum atomic E-state index is 13.0. The van der Waals surface area contributed by atoms with E-state index < -0.39 is 0 Å². The van der Waals surface area contributed by atoms with Gasteiger partial charge in [-0.25, -0.2) is 9.97 Å². The number of rotatable bonds is 7. The van der Waals surface area contributed by atoms with E-state index in [1.807, 2.05) is 37.4 Å². The van der Waals surface area contributed by atoms with Gasteiger partial charge in [0.25, 0.3) is 5.91 Å². The molecule has 1 N–H and O–H groups in total. The fourth-order valence-electron chi connectivity index (χ4n) is 3.08. The summed E-state index contributed by atoms with van der Waals surface area (Å²) in [6.45, 7) is 6.39. The van der Waals surface area contributed by atoms with Gasteiger partial charge in [0.15, 0.2) is 11.6 Å². The Labute approximate surface area is 179 Å². The number of anilines is 1. The van der Waals surface area contributed by atoms with E-state index in [2.05, 4.69) is 15.3 Å². The van der Waals surface area contributed by atoms with Crippen LogP contribution in [0.15, 0.2) is 52.1 Å². The Bertz CT molecular complexity index is 1050. The Morgan fingerprint density at radius 3 is 2.63 bits per heavy atom. The monoisotopic (exact) mass is 424 g/mol. The number of nitrogens with one attached hydrogen (secondary N) is 1. The van der Waals surface area contributed by atoms with E-state index in [4.69, 9.17) is 4.42 Å². The molecule has 0 spiro atoms. The van der Waals surface area contributed by atoms with E-state index in [-0.39, 0.29) is 11.8 Å². The summed E-state index contributed by atoms with van der Waals surface area (Å²) in [5.41, 5.74) is 2.60. The molecule has 2 aromatic heterocycles. The summed E-state index contributed by atoms with van der Waals surface area (Å²) in [7, 11) is 0. The van der Waals surface area contributed by atoms with Gasteiger partial charge in [-0.05, 0) is 49.9 Å². The Balaban J connectivity index is 1.84. The molecule has 0 saturated heterocycles. The molecular weight excluding hydrogens is 400 g/mol. The van der Waals surface area contributed by atoms with Crippen molar-refractivity contribution in [2.45, 2.75) is 32.3 Å². The summed E-state index contributed by atoms with van der Waals surface area (Å²) in [5, 5.41) is 3.51. The van der Waals surface area contributed by atoms with Crippen LogP contribution in [0.3, 0.4) is 0 Å². The largest absolute Gasteiger partial charge is 0.461 e. The predicted molar refractivity (Wildman–Crippen MR) is 117 cm³/mol. The molecule has 0 unspecified atom stereocenters. The molecule has 30 heavy (non-hydrogen) atoms. The minimum absolute atomic E-state index is 0.0148. The Morgan fingerprint density at radius 1 is 1.20 bits per heavy atom. The predicted octanol–water partition coefficient (Wildman–Crippen LogP) is 4.39. The van der Waals surface area contributed by atoms with Gasteiger partial charge >= 0.3 is 0 Å². The van der Waals surface area contributed by atoms with Gasteiger partial charge in [-0.3, -0.25) is 9.59 Å². The van der Waals surface area contributed by atoms with Crippen molar-refractivity contribution in [1.29, 1.82) is 0 Å². The fourth-order valence-corrected chi connectivity index (χ4v) is 3.70. The van der Waals surface area contributed by atoms with Gasteiger partial charge in [0.1, 0.15) is 5.03 Å². The number of carbonyl (C=O) groups excluding carboxylic acids is 2. The van der Waals surface area contributed by atoms with Crippen molar-refractivity contribution >= 4 is 29.3 Å². The van der Waals surface area contributed by atoms with Gasteiger partial charge in [0.2, 0.25) is 5.91 Å². The van der Waals surface area contributed by atoms with E-state index in [0.717, 1.165) is 5.56 Å². The SMILES string of the molecule is CCN(Cc1cccc(NC(=O)c2c(C)nc(-c3ccco3)nc2SC)c1)C(C)=O. The molecule has 0 atom stereocenters. The molecule has 7 nitrogen and oxygen atoms in total. The van der Waals surface area contributed by atoms with Crippen LogP contribution in [-0.4, -0.2) is 39.5 Å². The van der Waals surface area contributed by atoms with Crippen LogP contribution in [0.2, 0.25) is 0 Å². The number of benzene rings is 1. The van der Waals surface area contributed by atoms with Crippen molar-refractivity contribution in [3.63, 3.8) is 0 Å². The number of hydrogen-bond acceptors (Lipinski definition) is 6. The van der Waals surface area contributed by atoms with Gasteiger partial charge in [-0.15, -0.1) is 11.8 Å². The molecule has 2 amide bonds. The molecule has 0 aliphatic rings. The number of amides is 2. The Morgan fingerprint density at radius 2 is 2.00 bits per heavy atom. The fraction of sp³-hybridized carbons (Fsp3) is 0.273. The van der Waals surface area contributed by atoms with Crippen molar-refractivity contribution < 1.29 is 14.0 Å². The molecule has 0 bridgehead atoms. The van der Waals surface area contributed by atoms with E-state index >= 15 is 0 Å². The van der Waals surface area contributed by atoms with Crippen LogP contribution in [0.1, 0.15) is 35.5 Å². The first-order valence-corrected chi connectivity index (χ1v) is 10.8. The molecule has 0 radical (unpaired) electrons. The van der Waals surface area contributed by atoms with Crippen LogP contribution in [0, 0.1) is 6.92 Å². The molecule has 156 valence electrons. The smallest absolute Gasteiger partial charge is 0.260 e. The minimum Gasteiger partial charge on any atom is -0.461 e. The summed E-state index contributed by atoms with van der Waals surface area (Å²) >= 11 is 1.38. The molecule has 2 heterocycles. The lowest BCUT2D eigenvalue weighted by Gasteiger charge is -2.19.